The number of amides is 1. The van der Waals surface area contributed by atoms with Gasteiger partial charge in [0.1, 0.15) is 11.8 Å². The normalized spacial score (nSPS) is 11.9. The molecule has 0 saturated heterocycles. The van der Waals surface area contributed by atoms with Gasteiger partial charge in [-0.05, 0) is 54.1 Å². The van der Waals surface area contributed by atoms with Crippen molar-refractivity contribution >= 4 is 40.0 Å². The summed E-state index contributed by atoms with van der Waals surface area (Å²) in [6, 6.07) is 9.27. The van der Waals surface area contributed by atoms with E-state index in [4.69, 9.17) is 4.52 Å². The largest absolute Gasteiger partial charge is 0.374 e. The molecular weight excluding hydrogens is 369 g/mol. The second-order valence-electron chi connectivity index (χ2n) is 4.43. The Hall–Kier alpha value is -1.57. The highest BCUT2D eigenvalue weighted by molar-refractivity contribution is 14.1. The fourth-order valence-corrected chi connectivity index (χ4v) is 2.31. The zero-order valence-electron chi connectivity index (χ0n) is 11.3. The van der Waals surface area contributed by atoms with Crippen molar-refractivity contribution in [2.24, 2.45) is 0 Å². The summed E-state index contributed by atoms with van der Waals surface area (Å²) in [6.07, 6.45) is 0.675. The monoisotopic (exact) mass is 385 g/mol. The average Bonchev–Trinajstić information content (AvgIpc) is 2.81. The van der Waals surface area contributed by atoms with E-state index in [0.29, 0.717) is 18.0 Å². The van der Waals surface area contributed by atoms with E-state index in [1.165, 1.54) is 0 Å². The van der Waals surface area contributed by atoms with Gasteiger partial charge in [0.25, 0.3) is 0 Å². The molecule has 2 rings (SSSR count). The second kappa shape index (κ2) is 6.74. The fraction of sp³-hybridized carbons (Fsp3) is 0.286. The maximum Gasteiger partial charge on any atom is 0.248 e. The number of halogens is 1. The summed E-state index contributed by atoms with van der Waals surface area (Å²) in [5.41, 5.74) is 0.926. The minimum Gasteiger partial charge on any atom is -0.374 e. The lowest BCUT2D eigenvalue weighted by Crippen LogP contribution is -2.34. The Bertz CT molecular complexity index is 598. The molecule has 1 atom stereocenters. The molecule has 0 radical (unpaired) electrons. The zero-order chi connectivity index (χ0) is 14.5. The summed E-state index contributed by atoms with van der Waals surface area (Å²) in [5, 5.41) is 9.72. The van der Waals surface area contributed by atoms with Gasteiger partial charge in [0.05, 0.1) is 0 Å². The maximum absolute atomic E-state index is 12.2. The Labute approximate surface area is 131 Å². The van der Waals surface area contributed by atoms with E-state index in [-0.39, 0.29) is 11.9 Å². The highest BCUT2D eigenvalue weighted by atomic mass is 127. The Morgan fingerprint density at radius 2 is 2.25 bits per heavy atom. The van der Waals surface area contributed by atoms with Crippen molar-refractivity contribution in [3.8, 4) is 0 Å². The third-order valence-corrected chi connectivity index (χ3v) is 3.44. The summed E-state index contributed by atoms with van der Waals surface area (Å²) in [5.74, 6) is 0.981. The van der Waals surface area contributed by atoms with Crippen LogP contribution in [0.4, 0.5) is 11.5 Å². The zero-order valence-corrected chi connectivity index (χ0v) is 13.5. The van der Waals surface area contributed by atoms with Crippen LogP contribution in [0, 0.1) is 10.5 Å². The third kappa shape index (κ3) is 3.96. The number of carbonyl (C=O) groups excluding carboxylic acids is 1. The number of anilines is 2. The van der Waals surface area contributed by atoms with E-state index >= 15 is 0 Å². The fourth-order valence-electron chi connectivity index (χ4n) is 1.77. The molecule has 6 heteroatoms. The van der Waals surface area contributed by atoms with Crippen LogP contribution in [-0.4, -0.2) is 17.1 Å². The van der Waals surface area contributed by atoms with E-state index in [9.17, 15) is 4.79 Å². The molecule has 0 aliphatic rings. The van der Waals surface area contributed by atoms with Gasteiger partial charge >= 0.3 is 0 Å². The van der Waals surface area contributed by atoms with Crippen LogP contribution >= 0.6 is 22.6 Å². The van der Waals surface area contributed by atoms with E-state index in [1.54, 1.807) is 13.0 Å². The Morgan fingerprint density at radius 3 is 2.85 bits per heavy atom. The number of rotatable bonds is 5. The Morgan fingerprint density at radius 1 is 1.45 bits per heavy atom. The van der Waals surface area contributed by atoms with Crippen LogP contribution in [0.5, 0.6) is 0 Å². The number of hydrogen-bond acceptors (Lipinski definition) is 4. The van der Waals surface area contributed by atoms with Crippen molar-refractivity contribution in [1.29, 1.82) is 0 Å². The molecule has 2 N–H and O–H groups in total. The van der Waals surface area contributed by atoms with Crippen molar-refractivity contribution < 1.29 is 9.32 Å². The number of aromatic nitrogens is 1. The summed E-state index contributed by atoms with van der Waals surface area (Å²) >= 11 is 2.24. The SMILES string of the molecule is CC[C@H](Nc1cccc(I)c1)C(=O)Nc1cc(C)on1. The lowest BCUT2D eigenvalue weighted by atomic mass is 10.2. The van der Waals surface area contributed by atoms with E-state index in [0.717, 1.165) is 9.26 Å². The lowest BCUT2D eigenvalue weighted by Gasteiger charge is -2.17. The molecular formula is C14H16IN3O2. The number of nitrogens with zero attached hydrogens (tertiary/aromatic N) is 1. The van der Waals surface area contributed by atoms with Gasteiger partial charge in [-0.1, -0.05) is 18.1 Å². The van der Waals surface area contributed by atoms with Gasteiger partial charge in [0.15, 0.2) is 5.82 Å². The molecule has 0 aliphatic heterocycles. The van der Waals surface area contributed by atoms with Crippen molar-refractivity contribution in [3.05, 3.63) is 39.7 Å². The van der Waals surface area contributed by atoms with Gasteiger partial charge in [-0.25, -0.2) is 0 Å². The van der Waals surface area contributed by atoms with Crippen molar-refractivity contribution in [1.82, 2.24) is 5.16 Å². The first-order chi connectivity index (χ1) is 9.58. The molecule has 0 saturated carbocycles. The molecule has 1 amide bonds. The van der Waals surface area contributed by atoms with Crippen molar-refractivity contribution in [2.45, 2.75) is 26.3 Å². The van der Waals surface area contributed by atoms with E-state index in [2.05, 4.69) is 38.4 Å². The van der Waals surface area contributed by atoms with E-state index < -0.39 is 0 Å². The van der Waals surface area contributed by atoms with Crippen LogP contribution in [0.15, 0.2) is 34.9 Å². The molecule has 1 aromatic carbocycles. The third-order valence-electron chi connectivity index (χ3n) is 2.77. The van der Waals surface area contributed by atoms with Gasteiger partial charge < -0.3 is 15.2 Å². The Kier molecular flexibility index (Phi) is 4.99. The molecule has 20 heavy (non-hydrogen) atoms. The van der Waals surface area contributed by atoms with Gasteiger partial charge in [-0.15, -0.1) is 0 Å². The first kappa shape index (κ1) is 14.8. The molecule has 1 aromatic heterocycles. The molecule has 2 aromatic rings. The molecule has 0 fully saturated rings. The summed E-state index contributed by atoms with van der Waals surface area (Å²) in [4.78, 5) is 12.2. The standard InChI is InChI=1S/C14H16IN3O2/c1-3-12(16-11-6-4-5-10(15)8-11)14(19)17-13-7-9(2)20-18-13/h4-8,12,16H,3H2,1-2H3,(H,17,18,19)/t12-/m0/s1. The van der Waals surface area contributed by atoms with Crippen LogP contribution in [0.3, 0.4) is 0 Å². The minimum absolute atomic E-state index is 0.125. The minimum atomic E-state index is -0.315. The first-order valence-electron chi connectivity index (χ1n) is 6.34. The van der Waals surface area contributed by atoms with Gasteiger partial charge in [-0.3, -0.25) is 4.79 Å². The van der Waals surface area contributed by atoms with Crippen LogP contribution in [-0.2, 0) is 4.79 Å². The smallest absolute Gasteiger partial charge is 0.248 e. The molecule has 0 bridgehead atoms. The number of nitrogens with one attached hydrogen (secondary N) is 2. The molecule has 0 unspecified atom stereocenters. The van der Waals surface area contributed by atoms with Crippen LogP contribution in [0.2, 0.25) is 0 Å². The van der Waals surface area contributed by atoms with E-state index in [1.807, 2.05) is 31.2 Å². The van der Waals surface area contributed by atoms with Crippen molar-refractivity contribution in [3.63, 3.8) is 0 Å². The lowest BCUT2D eigenvalue weighted by molar-refractivity contribution is -0.117. The van der Waals surface area contributed by atoms with Crippen LogP contribution in [0.25, 0.3) is 0 Å². The first-order valence-corrected chi connectivity index (χ1v) is 7.42. The molecule has 1 heterocycles. The highest BCUT2D eigenvalue weighted by Gasteiger charge is 2.17. The van der Waals surface area contributed by atoms with Gasteiger partial charge in [0, 0.05) is 15.3 Å². The topological polar surface area (TPSA) is 67.2 Å². The number of aryl methyl sites for hydroxylation is 1. The molecule has 0 aliphatic carbocycles. The van der Waals surface area contributed by atoms with Gasteiger partial charge in [0.2, 0.25) is 5.91 Å². The van der Waals surface area contributed by atoms with Crippen LogP contribution in [0.1, 0.15) is 19.1 Å². The molecule has 106 valence electrons. The number of carbonyl (C=O) groups is 1. The Balaban J connectivity index is 2.02. The molecule has 5 nitrogen and oxygen atoms in total. The van der Waals surface area contributed by atoms with Gasteiger partial charge in [-0.2, -0.15) is 0 Å². The predicted molar refractivity (Wildman–Crippen MR) is 86.7 cm³/mol. The highest BCUT2D eigenvalue weighted by Crippen LogP contribution is 2.15. The summed E-state index contributed by atoms with van der Waals surface area (Å²) in [6.45, 7) is 3.74. The second-order valence-corrected chi connectivity index (χ2v) is 5.67. The van der Waals surface area contributed by atoms with Crippen molar-refractivity contribution in [2.75, 3.05) is 10.6 Å². The number of hydrogen-bond donors (Lipinski definition) is 2. The molecule has 0 spiro atoms. The quantitative estimate of drug-likeness (QED) is 0.775. The van der Waals surface area contributed by atoms with Crippen LogP contribution < -0.4 is 10.6 Å². The maximum atomic E-state index is 12.2. The summed E-state index contributed by atoms with van der Waals surface area (Å²) in [7, 11) is 0. The average molecular weight is 385 g/mol. The number of benzene rings is 1. The predicted octanol–water partition coefficient (Wildman–Crippen LogP) is 3.42. The summed E-state index contributed by atoms with van der Waals surface area (Å²) < 4.78 is 6.05.